The summed E-state index contributed by atoms with van der Waals surface area (Å²) in [6.45, 7) is 1.73. The quantitative estimate of drug-likeness (QED) is 0.598. The Morgan fingerprint density at radius 2 is 1.78 bits per heavy atom. The Bertz CT molecular complexity index is 821. The van der Waals surface area contributed by atoms with E-state index in [4.69, 9.17) is 0 Å². The lowest BCUT2D eigenvalue weighted by atomic mass is 10.3. The monoisotopic (exact) mass is 403 g/mol. The van der Waals surface area contributed by atoms with Gasteiger partial charge in [0.1, 0.15) is 11.6 Å². The number of amides is 2. The molecule has 3 rings (SSSR count). The topological polar surface area (TPSA) is 91.2 Å². The van der Waals surface area contributed by atoms with E-state index in [-0.39, 0.29) is 51.1 Å². The number of halogens is 2. The lowest BCUT2D eigenvalue weighted by Gasteiger charge is -2.34. The van der Waals surface area contributed by atoms with E-state index in [1.807, 2.05) is 0 Å². The Labute approximate surface area is 155 Å². The maximum Gasteiger partial charge on any atom is 0.277 e. The number of rotatable bonds is 4. The Morgan fingerprint density at radius 1 is 1.15 bits per heavy atom. The number of nitrogens with zero attached hydrogens (tertiary/aromatic N) is 2. The molecule has 2 amide bonds. The first-order valence-electron chi connectivity index (χ1n) is 8.61. The van der Waals surface area contributed by atoms with E-state index in [9.17, 15) is 26.8 Å². The Kier molecular flexibility index (Phi) is 5.72. The van der Waals surface area contributed by atoms with Gasteiger partial charge >= 0.3 is 0 Å². The van der Waals surface area contributed by atoms with Crippen LogP contribution in [0.5, 0.6) is 0 Å². The lowest BCUT2D eigenvalue weighted by molar-refractivity contribution is -0.885. The molecule has 11 heteroatoms. The first-order chi connectivity index (χ1) is 12.8. The minimum Gasteiger partial charge on any atom is -0.346 e. The number of carbonyl (C=O) groups is 2. The van der Waals surface area contributed by atoms with E-state index >= 15 is 0 Å². The van der Waals surface area contributed by atoms with Crippen molar-refractivity contribution in [3.8, 4) is 0 Å². The molecule has 0 aliphatic carbocycles. The molecule has 0 radical (unpaired) electrons. The van der Waals surface area contributed by atoms with Gasteiger partial charge in [-0.1, -0.05) is 6.07 Å². The molecule has 2 N–H and O–H groups in total. The van der Waals surface area contributed by atoms with Crippen LogP contribution in [0.25, 0.3) is 0 Å². The van der Waals surface area contributed by atoms with Crippen LogP contribution in [-0.2, 0) is 19.6 Å². The third-order valence-electron chi connectivity index (χ3n) is 4.72. The molecule has 1 aromatic rings. The molecule has 1 unspecified atom stereocenters. The molecule has 0 spiro atoms. The van der Waals surface area contributed by atoms with Crippen LogP contribution in [0.1, 0.15) is 0 Å². The maximum absolute atomic E-state index is 13.9. The van der Waals surface area contributed by atoms with Crippen molar-refractivity contribution in [2.45, 2.75) is 4.90 Å². The van der Waals surface area contributed by atoms with Gasteiger partial charge in [-0.25, -0.2) is 17.2 Å². The number of sulfonamides is 1. The van der Waals surface area contributed by atoms with E-state index in [2.05, 4.69) is 5.32 Å². The molecular weight excluding hydrogens is 382 g/mol. The highest BCUT2D eigenvalue weighted by Crippen LogP contribution is 2.23. The summed E-state index contributed by atoms with van der Waals surface area (Å²) in [5.41, 5.74) is 0. The largest absolute Gasteiger partial charge is 0.346 e. The van der Waals surface area contributed by atoms with Gasteiger partial charge < -0.3 is 15.1 Å². The summed E-state index contributed by atoms with van der Waals surface area (Å²) in [7, 11) is -4.32. The second-order valence-electron chi connectivity index (χ2n) is 6.54. The zero-order valence-electron chi connectivity index (χ0n) is 14.6. The van der Waals surface area contributed by atoms with E-state index in [1.165, 1.54) is 4.90 Å². The van der Waals surface area contributed by atoms with Crippen molar-refractivity contribution in [2.24, 2.45) is 0 Å². The fraction of sp³-hybridized carbons (Fsp3) is 0.500. The van der Waals surface area contributed by atoms with Gasteiger partial charge in [0.2, 0.25) is 10.0 Å². The Morgan fingerprint density at radius 3 is 2.37 bits per heavy atom. The molecule has 2 fully saturated rings. The van der Waals surface area contributed by atoms with Crippen molar-refractivity contribution in [1.82, 2.24) is 14.5 Å². The molecule has 2 heterocycles. The second-order valence-corrected chi connectivity index (χ2v) is 8.41. The Balaban J connectivity index is 1.61. The van der Waals surface area contributed by atoms with E-state index in [1.54, 1.807) is 0 Å². The summed E-state index contributed by atoms with van der Waals surface area (Å²) >= 11 is 0. The van der Waals surface area contributed by atoms with Crippen LogP contribution >= 0.6 is 0 Å². The van der Waals surface area contributed by atoms with Gasteiger partial charge in [0.05, 0.1) is 13.1 Å². The van der Waals surface area contributed by atoms with Crippen LogP contribution in [0.4, 0.5) is 8.78 Å². The van der Waals surface area contributed by atoms with Gasteiger partial charge in [-0.15, -0.1) is 0 Å². The van der Waals surface area contributed by atoms with Crippen LogP contribution in [0.3, 0.4) is 0 Å². The molecule has 0 saturated carbocycles. The first-order valence-corrected chi connectivity index (χ1v) is 10.1. The summed E-state index contributed by atoms with van der Waals surface area (Å²) in [4.78, 5) is 25.2. The molecule has 2 aliphatic rings. The van der Waals surface area contributed by atoms with Crippen molar-refractivity contribution in [1.29, 1.82) is 0 Å². The van der Waals surface area contributed by atoms with Gasteiger partial charge in [0, 0.05) is 26.2 Å². The number of hydrogen-bond acceptors (Lipinski definition) is 4. The maximum atomic E-state index is 13.9. The highest BCUT2D eigenvalue weighted by molar-refractivity contribution is 7.89. The minimum absolute atomic E-state index is 0.0440. The average molecular weight is 403 g/mol. The molecule has 27 heavy (non-hydrogen) atoms. The molecule has 1 aromatic carbocycles. The second kappa shape index (κ2) is 7.87. The third-order valence-corrected chi connectivity index (χ3v) is 6.67. The van der Waals surface area contributed by atoms with E-state index in [0.717, 1.165) is 27.4 Å². The van der Waals surface area contributed by atoms with Gasteiger partial charge in [-0.05, 0) is 12.1 Å². The first kappa shape index (κ1) is 19.6. The molecule has 2 aliphatic heterocycles. The van der Waals surface area contributed by atoms with Gasteiger partial charge in [-0.3, -0.25) is 9.59 Å². The highest BCUT2D eigenvalue weighted by atomic mass is 32.2. The standard InChI is InChI=1S/C16H20F2N4O4S/c17-12-2-1-3-13(18)16(12)27(25,26)22-8-6-21(7-9-22)15(24)11-20-5-4-19-14(23)10-20/h1-3H,4-11H2,(H,19,23)/p+1. The summed E-state index contributed by atoms with van der Waals surface area (Å²) in [6.07, 6.45) is 0. The summed E-state index contributed by atoms with van der Waals surface area (Å²) in [5.74, 6) is -2.55. The van der Waals surface area contributed by atoms with Crippen molar-refractivity contribution >= 4 is 21.8 Å². The van der Waals surface area contributed by atoms with Crippen molar-refractivity contribution < 1.29 is 31.7 Å². The van der Waals surface area contributed by atoms with Crippen LogP contribution in [0.15, 0.2) is 23.1 Å². The third kappa shape index (κ3) is 4.25. The SMILES string of the molecule is O=C1C[NH+](CC(=O)N2CCN(S(=O)(=O)c3c(F)cccc3F)CC2)CCN1. The number of piperazine rings is 2. The predicted molar refractivity (Wildman–Crippen MR) is 90.3 cm³/mol. The Hall–Kier alpha value is -2.11. The van der Waals surface area contributed by atoms with Crippen molar-refractivity contribution in [3.05, 3.63) is 29.8 Å². The molecule has 2 saturated heterocycles. The molecule has 0 bridgehead atoms. The molecule has 8 nitrogen and oxygen atoms in total. The number of quaternary nitrogens is 1. The minimum atomic E-state index is -4.32. The van der Waals surface area contributed by atoms with Crippen LogP contribution < -0.4 is 10.2 Å². The van der Waals surface area contributed by atoms with Gasteiger partial charge in [0.15, 0.2) is 18.0 Å². The normalized spacial score (nSPS) is 21.8. The van der Waals surface area contributed by atoms with Crippen LogP contribution in [-0.4, -0.2) is 81.8 Å². The molecular formula is C16H21F2N4O4S+. The molecule has 148 valence electrons. The molecule has 0 aromatic heterocycles. The van der Waals surface area contributed by atoms with E-state index < -0.39 is 26.6 Å². The summed E-state index contributed by atoms with van der Waals surface area (Å²) in [6, 6.07) is 2.89. The van der Waals surface area contributed by atoms with Crippen LogP contribution in [0, 0.1) is 11.6 Å². The van der Waals surface area contributed by atoms with Gasteiger partial charge in [-0.2, -0.15) is 4.31 Å². The average Bonchev–Trinajstić information content (AvgIpc) is 2.61. The zero-order chi connectivity index (χ0) is 19.6. The molecule has 1 atom stereocenters. The van der Waals surface area contributed by atoms with Crippen molar-refractivity contribution in [3.63, 3.8) is 0 Å². The highest BCUT2D eigenvalue weighted by Gasteiger charge is 2.35. The van der Waals surface area contributed by atoms with E-state index in [0.29, 0.717) is 13.1 Å². The predicted octanol–water partition coefficient (Wildman–Crippen LogP) is -2.19. The summed E-state index contributed by atoms with van der Waals surface area (Å²) < 4.78 is 53.8. The lowest BCUT2D eigenvalue weighted by Crippen LogP contribution is -3.16. The summed E-state index contributed by atoms with van der Waals surface area (Å²) in [5, 5.41) is 2.69. The number of carbonyl (C=O) groups excluding carboxylic acids is 2. The number of nitrogens with one attached hydrogen (secondary N) is 2. The fourth-order valence-electron chi connectivity index (χ4n) is 3.27. The number of benzene rings is 1. The van der Waals surface area contributed by atoms with Crippen LogP contribution in [0.2, 0.25) is 0 Å². The number of hydrogen-bond donors (Lipinski definition) is 2. The van der Waals surface area contributed by atoms with Gasteiger partial charge in [0.25, 0.3) is 11.8 Å². The smallest absolute Gasteiger partial charge is 0.277 e. The van der Waals surface area contributed by atoms with Crippen molar-refractivity contribution in [2.75, 3.05) is 52.4 Å². The fourth-order valence-corrected chi connectivity index (χ4v) is 4.80. The zero-order valence-corrected chi connectivity index (χ0v) is 15.4.